The fourth-order valence-corrected chi connectivity index (χ4v) is 4.16. The molecule has 0 aromatic heterocycles. The van der Waals surface area contributed by atoms with Crippen LogP contribution >= 0.6 is 0 Å². The van der Waals surface area contributed by atoms with E-state index in [1.165, 1.54) is 6.92 Å². The summed E-state index contributed by atoms with van der Waals surface area (Å²) in [4.78, 5) is 0. The van der Waals surface area contributed by atoms with Crippen molar-refractivity contribution in [1.82, 2.24) is 16.4 Å². The van der Waals surface area contributed by atoms with Gasteiger partial charge in [0, 0.05) is 18.4 Å². The first-order chi connectivity index (χ1) is 18.6. The van der Waals surface area contributed by atoms with Gasteiger partial charge in [-0.05, 0) is 13.3 Å². The van der Waals surface area contributed by atoms with E-state index in [0.717, 1.165) is 18.0 Å². The second kappa shape index (κ2) is 15.8. The second-order valence-corrected chi connectivity index (χ2v) is 9.26. The quantitative estimate of drug-likeness (QED) is 0.0342. The Morgan fingerprint density at radius 2 is 1.57 bits per heavy atom. The van der Waals surface area contributed by atoms with Crippen LogP contribution in [0.15, 0.2) is 0 Å². The Morgan fingerprint density at radius 3 is 2.02 bits per heavy atom. The van der Waals surface area contributed by atoms with Crippen molar-refractivity contribution in [1.29, 1.82) is 10.8 Å². The van der Waals surface area contributed by atoms with Crippen LogP contribution in [0.3, 0.4) is 0 Å². The van der Waals surface area contributed by atoms with Crippen molar-refractivity contribution in [3.8, 4) is 0 Å². The number of guanidine groups is 1. The van der Waals surface area contributed by atoms with E-state index in [-0.39, 0.29) is 6.42 Å². The van der Waals surface area contributed by atoms with Crippen LogP contribution < -0.4 is 16.4 Å². The summed E-state index contributed by atoms with van der Waals surface area (Å²) in [6.07, 6.45) is -18.5. The minimum absolute atomic E-state index is 0.367. The number of hydrogen-bond donors (Lipinski definition) is 15. The Morgan fingerprint density at radius 1 is 0.975 bits per heavy atom. The van der Waals surface area contributed by atoms with E-state index in [1.807, 2.05) is 5.32 Å². The number of amidine groups is 1. The smallest absolute Gasteiger partial charge is 0.311 e. The number of rotatable bonds is 16. The van der Waals surface area contributed by atoms with Crippen molar-refractivity contribution in [3.63, 3.8) is 0 Å². The van der Waals surface area contributed by atoms with Crippen molar-refractivity contribution in [2.24, 2.45) is 11.8 Å². The largest absolute Gasteiger partial charge is 0.455 e. The lowest BCUT2D eigenvalue weighted by molar-refractivity contribution is -0.339. The van der Waals surface area contributed by atoms with Gasteiger partial charge in [-0.3, -0.25) is 5.41 Å². The van der Waals surface area contributed by atoms with E-state index in [0.29, 0.717) is 0 Å². The molecule has 0 spiro atoms. The lowest BCUT2D eigenvalue weighted by atomic mass is 9.68. The van der Waals surface area contributed by atoms with Crippen molar-refractivity contribution >= 4 is 12.0 Å². The van der Waals surface area contributed by atoms with Gasteiger partial charge in [-0.1, -0.05) is 11.4 Å². The van der Waals surface area contributed by atoms with E-state index in [2.05, 4.69) is 0 Å². The Balaban J connectivity index is 3.27. The monoisotopic (exact) mass is 595 g/mol. The first-order valence-corrected chi connectivity index (χ1v) is 12.0. The molecule has 18 nitrogen and oxygen atoms in total. The third-order valence-corrected chi connectivity index (χ3v) is 6.69. The lowest BCUT2D eigenvalue weighted by Crippen LogP contribution is -2.64. The van der Waals surface area contributed by atoms with Crippen molar-refractivity contribution in [3.05, 3.63) is 0 Å². The SMILES string of the molecule is CCC(O)(CO)C(OC(O)C1C(O)C(O)C1CO)C(O)OC(O)C(NC(=N)NF)C(O)C(OC(=N)NF)C(C)O. The van der Waals surface area contributed by atoms with Crippen molar-refractivity contribution in [2.75, 3.05) is 13.2 Å². The molecule has 40 heavy (non-hydrogen) atoms. The number of aliphatic hydroxyl groups is 10. The van der Waals surface area contributed by atoms with E-state index in [4.69, 9.17) is 25.0 Å². The van der Waals surface area contributed by atoms with Crippen LogP contribution in [0.5, 0.6) is 0 Å². The van der Waals surface area contributed by atoms with E-state index in [1.54, 1.807) is 0 Å². The van der Waals surface area contributed by atoms with E-state index in [9.17, 15) is 60.0 Å². The summed E-state index contributed by atoms with van der Waals surface area (Å²) in [7, 11) is 0. The van der Waals surface area contributed by atoms with Gasteiger partial charge in [0.25, 0.3) is 0 Å². The number of aliphatic hydroxyl groups excluding tert-OH is 9. The van der Waals surface area contributed by atoms with Crippen molar-refractivity contribution in [2.45, 2.75) is 87.4 Å². The van der Waals surface area contributed by atoms with E-state index >= 15 is 0 Å². The molecule has 1 fully saturated rings. The number of nitrogens with one attached hydrogen (secondary N) is 5. The molecule has 0 saturated heterocycles. The fourth-order valence-electron chi connectivity index (χ4n) is 4.16. The molecule has 0 aliphatic heterocycles. The molecule has 20 heteroatoms. The number of hydrogen-bond acceptors (Lipinski definition) is 15. The highest BCUT2D eigenvalue weighted by molar-refractivity contribution is 5.75. The molecule has 1 rings (SSSR count). The molecule has 1 aliphatic rings. The Hall–Kier alpha value is -2.08. The van der Waals surface area contributed by atoms with Gasteiger partial charge >= 0.3 is 6.02 Å². The summed E-state index contributed by atoms with van der Waals surface area (Å²) in [6.45, 7) is 0.539. The standard InChI is InChI=1S/C20H39F2N5O13/c1-3-20(37,5-29)14(39-15(34)8-7(4-28)10(31)11(8)32)17(36)40-16(35)9(25-18(23)26-21)12(33)13(6(2)30)38-19(24)27-22/h6-17,28-37H,3-5H2,1-2H3,(H2,24,27)(H3,23,25,26). The molecular formula is C20H39F2N5O13. The zero-order valence-corrected chi connectivity index (χ0v) is 21.5. The van der Waals surface area contributed by atoms with E-state index < -0.39 is 104 Å². The van der Waals surface area contributed by atoms with Crippen LogP contribution in [0, 0.1) is 22.7 Å². The molecule has 0 bridgehead atoms. The van der Waals surface area contributed by atoms with Gasteiger partial charge in [0.05, 0.1) is 24.9 Å². The van der Waals surface area contributed by atoms with Crippen molar-refractivity contribution < 1.29 is 74.2 Å². The van der Waals surface area contributed by atoms with Crippen LogP contribution in [0.4, 0.5) is 8.96 Å². The summed E-state index contributed by atoms with van der Waals surface area (Å²) in [5.41, 5.74) is -0.786. The highest BCUT2D eigenvalue weighted by Gasteiger charge is 2.54. The molecule has 1 aliphatic carbocycles. The van der Waals surface area contributed by atoms with Crippen LogP contribution in [-0.2, 0) is 14.2 Å². The maximum atomic E-state index is 12.8. The van der Waals surface area contributed by atoms with Gasteiger partial charge in [-0.2, -0.15) is 11.1 Å². The molecular weight excluding hydrogens is 556 g/mol. The third-order valence-electron chi connectivity index (χ3n) is 6.69. The fraction of sp³-hybridized carbons (Fsp3) is 0.900. The topological polar surface area (TPSA) is 314 Å². The maximum Gasteiger partial charge on any atom is 0.311 e. The first-order valence-electron chi connectivity index (χ1n) is 12.0. The Bertz CT molecular complexity index is 802. The summed E-state index contributed by atoms with van der Waals surface area (Å²) in [5.74, 6) is -3.59. The van der Waals surface area contributed by atoms with Crippen LogP contribution in [0.25, 0.3) is 0 Å². The molecule has 236 valence electrons. The summed E-state index contributed by atoms with van der Waals surface area (Å²) in [5, 5.41) is 119. The van der Waals surface area contributed by atoms with Gasteiger partial charge < -0.3 is 70.6 Å². The predicted octanol–water partition coefficient (Wildman–Crippen LogP) is -5.66. The average Bonchev–Trinajstić information content (AvgIpc) is 2.93. The molecule has 1 saturated carbocycles. The van der Waals surface area contributed by atoms with Gasteiger partial charge in [0.15, 0.2) is 25.0 Å². The zero-order chi connectivity index (χ0) is 30.9. The minimum atomic E-state index is -2.51. The number of halogens is 2. The lowest BCUT2D eigenvalue weighted by Gasteiger charge is -2.49. The predicted molar refractivity (Wildman–Crippen MR) is 126 cm³/mol. The molecule has 13 atom stereocenters. The Kier molecular flexibility index (Phi) is 14.2. The summed E-state index contributed by atoms with van der Waals surface area (Å²) >= 11 is 0. The van der Waals surface area contributed by atoms with Crippen LogP contribution in [0.2, 0.25) is 0 Å². The maximum absolute atomic E-state index is 12.8. The van der Waals surface area contributed by atoms with Gasteiger partial charge in [0.1, 0.15) is 23.9 Å². The summed E-state index contributed by atoms with van der Waals surface area (Å²) < 4.78 is 40.2. The second-order valence-electron chi connectivity index (χ2n) is 9.26. The Labute approximate surface area is 226 Å². The molecule has 0 radical (unpaired) electrons. The molecule has 0 amide bonds. The van der Waals surface area contributed by atoms with Crippen LogP contribution in [-0.4, -0.2) is 143 Å². The highest BCUT2D eigenvalue weighted by atomic mass is 19.2. The summed E-state index contributed by atoms with van der Waals surface area (Å²) in [6, 6.07) is -3.39. The van der Waals surface area contributed by atoms with Gasteiger partial charge in [-0.15, -0.1) is 4.48 Å². The molecule has 0 aromatic rings. The molecule has 15 N–H and O–H groups in total. The number of ether oxygens (including phenoxy) is 3. The average molecular weight is 596 g/mol. The van der Waals surface area contributed by atoms with Gasteiger partial charge in [-0.25, -0.2) is 5.41 Å². The molecule has 0 aromatic carbocycles. The minimum Gasteiger partial charge on any atom is -0.455 e. The molecule has 0 heterocycles. The first kappa shape index (κ1) is 35.9. The molecule has 13 unspecified atom stereocenters. The zero-order valence-electron chi connectivity index (χ0n) is 21.5. The van der Waals surface area contributed by atoms with Gasteiger partial charge in [0.2, 0.25) is 5.96 Å². The highest BCUT2D eigenvalue weighted by Crippen LogP contribution is 2.39. The normalized spacial score (nSPS) is 28.4. The van der Waals surface area contributed by atoms with Crippen LogP contribution in [0.1, 0.15) is 20.3 Å². The third kappa shape index (κ3) is 8.47.